The van der Waals surface area contributed by atoms with Gasteiger partial charge in [-0.1, -0.05) is 17.2 Å². The molecule has 0 aliphatic carbocycles. The van der Waals surface area contributed by atoms with Gasteiger partial charge in [-0.3, -0.25) is 14.8 Å². The van der Waals surface area contributed by atoms with Gasteiger partial charge in [-0.15, -0.1) is 5.10 Å². The lowest BCUT2D eigenvalue weighted by atomic mass is 10.2. The van der Waals surface area contributed by atoms with Crippen molar-refractivity contribution in [3.63, 3.8) is 0 Å². The van der Waals surface area contributed by atoms with E-state index in [9.17, 15) is 4.79 Å². The summed E-state index contributed by atoms with van der Waals surface area (Å²) in [5, 5.41) is 14.5. The number of hydrogen-bond donors (Lipinski definition) is 1. The zero-order chi connectivity index (χ0) is 16.4. The summed E-state index contributed by atoms with van der Waals surface area (Å²) in [5.74, 6) is 0.309. The summed E-state index contributed by atoms with van der Waals surface area (Å²) < 4.78 is 12.3. The second kappa shape index (κ2) is 5.91. The summed E-state index contributed by atoms with van der Waals surface area (Å²) in [6.45, 7) is 1.91. The van der Waals surface area contributed by atoms with Crippen molar-refractivity contribution in [2.24, 2.45) is 7.05 Å². The molecule has 0 saturated carbocycles. The van der Waals surface area contributed by atoms with Crippen LogP contribution in [0.2, 0.25) is 0 Å². The Morgan fingerprint density at radius 2 is 2.09 bits per heavy atom. The molecule has 0 unspecified atom stereocenters. The number of hydrogen-bond acceptors (Lipinski definition) is 6. The summed E-state index contributed by atoms with van der Waals surface area (Å²) >= 11 is 0. The Labute approximate surface area is 132 Å². The van der Waals surface area contributed by atoms with E-state index in [1.165, 1.54) is 7.11 Å². The zero-order valence-electron chi connectivity index (χ0n) is 12.9. The van der Waals surface area contributed by atoms with Crippen molar-refractivity contribution in [3.05, 3.63) is 41.6 Å². The van der Waals surface area contributed by atoms with Crippen LogP contribution in [0.1, 0.15) is 16.1 Å². The van der Waals surface area contributed by atoms with E-state index >= 15 is 0 Å². The number of anilines is 1. The maximum atomic E-state index is 12.3. The first-order chi connectivity index (χ1) is 11.1. The Morgan fingerprint density at radius 3 is 2.78 bits per heavy atom. The first-order valence-electron chi connectivity index (χ1n) is 6.87. The molecule has 8 heteroatoms. The fourth-order valence-corrected chi connectivity index (χ4v) is 2.04. The highest BCUT2D eigenvalue weighted by molar-refractivity contribution is 6.05. The van der Waals surface area contributed by atoms with E-state index in [4.69, 9.17) is 9.15 Å². The van der Waals surface area contributed by atoms with Gasteiger partial charge < -0.3 is 9.15 Å². The van der Waals surface area contributed by atoms with Crippen molar-refractivity contribution >= 4 is 11.9 Å². The lowest BCUT2D eigenvalue weighted by Gasteiger charge is -2.06. The van der Waals surface area contributed by atoms with Crippen LogP contribution < -0.4 is 10.1 Å². The van der Waals surface area contributed by atoms with Gasteiger partial charge in [0.05, 0.1) is 12.7 Å². The number of methoxy groups -OCH3 is 1. The van der Waals surface area contributed by atoms with Gasteiger partial charge in [0.15, 0.2) is 0 Å². The molecular weight excluding hydrogens is 298 g/mol. The molecule has 2 heterocycles. The number of aryl methyl sites for hydroxylation is 2. The van der Waals surface area contributed by atoms with Crippen LogP contribution in [0.25, 0.3) is 11.6 Å². The number of ether oxygens (including phenoxy) is 1. The molecule has 0 radical (unpaired) electrons. The van der Waals surface area contributed by atoms with Gasteiger partial charge in [-0.05, 0) is 25.1 Å². The molecule has 0 aliphatic rings. The van der Waals surface area contributed by atoms with Gasteiger partial charge in [0.25, 0.3) is 11.8 Å². The van der Waals surface area contributed by atoms with E-state index in [1.807, 2.05) is 20.0 Å². The normalized spacial score (nSPS) is 10.6. The summed E-state index contributed by atoms with van der Waals surface area (Å²) in [7, 11) is 3.32. The van der Waals surface area contributed by atoms with E-state index in [0.29, 0.717) is 17.0 Å². The molecule has 0 aliphatic heterocycles. The predicted octanol–water partition coefficient (Wildman–Crippen LogP) is 2.04. The molecule has 3 aromatic rings. The van der Waals surface area contributed by atoms with E-state index < -0.39 is 5.91 Å². The minimum Gasteiger partial charge on any atom is -0.496 e. The molecule has 118 valence electrons. The quantitative estimate of drug-likeness (QED) is 0.792. The second-order valence-corrected chi connectivity index (χ2v) is 4.86. The van der Waals surface area contributed by atoms with Crippen LogP contribution >= 0.6 is 0 Å². The second-order valence-electron chi connectivity index (χ2n) is 4.86. The predicted molar refractivity (Wildman–Crippen MR) is 82.2 cm³/mol. The Kier molecular flexibility index (Phi) is 3.80. The van der Waals surface area contributed by atoms with Crippen LogP contribution in [0.15, 0.2) is 34.7 Å². The number of amides is 1. The van der Waals surface area contributed by atoms with E-state index in [2.05, 4.69) is 20.6 Å². The van der Waals surface area contributed by atoms with Crippen molar-refractivity contribution < 1.29 is 13.9 Å². The molecule has 0 saturated heterocycles. The molecular formula is C15H15N5O3. The molecule has 2 aromatic heterocycles. The maximum absolute atomic E-state index is 12.3. The lowest BCUT2D eigenvalue weighted by Crippen LogP contribution is -2.13. The van der Waals surface area contributed by atoms with Gasteiger partial charge in [-0.25, -0.2) is 0 Å². The van der Waals surface area contributed by atoms with Crippen LogP contribution in [-0.4, -0.2) is 33.0 Å². The molecule has 1 aromatic carbocycles. The molecule has 1 amide bonds. The molecule has 0 atom stereocenters. The van der Waals surface area contributed by atoms with Gasteiger partial charge >= 0.3 is 6.01 Å². The van der Waals surface area contributed by atoms with Crippen molar-refractivity contribution in [1.82, 2.24) is 20.0 Å². The smallest absolute Gasteiger partial charge is 0.322 e. The summed E-state index contributed by atoms with van der Waals surface area (Å²) in [6.07, 6.45) is 0. The third kappa shape index (κ3) is 2.91. The van der Waals surface area contributed by atoms with Crippen molar-refractivity contribution in [3.8, 4) is 17.3 Å². The number of nitrogens with zero attached hydrogens (tertiary/aromatic N) is 4. The largest absolute Gasteiger partial charge is 0.496 e. The Balaban J connectivity index is 1.80. The monoisotopic (exact) mass is 313 g/mol. The van der Waals surface area contributed by atoms with Crippen molar-refractivity contribution in [1.29, 1.82) is 0 Å². The third-order valence-corrected chi connectivity index (χ3v) is 3.33. The van der Waals surface area contributed by atoms with Crippen LogP contribution in [0.3, 0.4) is 0 Å². The Bertz CT molecular complexity index is 833. The number of rotatable bonds is 4. The number of para-hydroxylation sites is 1. The van der Waals surface area contributed by atoms with Crippen LogP contribution in [0, 0.1) is 6.92 Å². The number of benzene rings is 1. The fraction of sp³-hybridized carbons (Fsp3) is 0.200. The number of nitrogens with one attached hydrogen (secondary N) is 1. The molecule has 0 bridgehead atoms. The average Bonchev–Trinajstić information content (AvgIpc) is 3.14. The minimum atomic E-state index is -0.394. The van der Waals surface area contributed by atoms with E-state index in [1.54, 1.807) is 28.9 Å². The lowest BCUT2D eigenvalue weighted by molar-refractivity contribution is 0.102. The molecule has 0 fully saturated rings. The Morgan fingerprint density at radius 1 is 1.30 bits per heavy atom. The topological polar surface area (TPSA) is 95.1 Å². The van der Waals surface area contributed by atoms with Gasteiger partial charge in [0.2, 0.25) is 0 Å². The van der Waals surface area contributed by atoms with Crippen LogP contribution in [0.5, 0.6) is 5.75 Å². The number of carbonyl (C=O) groups excluding carboxylic acids is 1. The summed E-state index contributed by atoms with van der Waals surface area (Å²) in [6, 6.07) is 8.69. The maximum Gasteiger partial charge on any atom is 0.322 e. The van der Waals surface area contributed by atoms with Gasteiger partial charge in [0, 0.05) is 12.7 Å². The van der Waals surface area contributed by atoms with Crippen molar-refractivity contribution in [2.75, 3.05) is 12.4 Å². The van der Waals surface area contributed by atoms with E-state index in [-0.39, 0.29) is 11.9 Å². The molecule has 0 spiro atoms. The zero-order valence-corrected chi connectivity index (χ0v) is 12.9. The first kappa shape index (κ1) is 14.8. The fourth-order valence-electron chi connectivity index (χ4n) is 2.04. The number of carbonyl (C=O) groups is 1. The molecule has 3 rings (SSSR count). The minimum absolute atomic E-state index is 0.000729. The highest BCUT2D eigenvalue weighted by Gasteiger charge is 2.17. The average molecular weight is 313 g/mol. The Hall–Kier alpha value is -3.16. The highest BCUT2D eigenvalue weighted by atomic mass is 16.5. The first-order valence-corrected chi connectivity index (χ1v) is 6.87. The third-order valence-electron chi connectivity index (χ3n) is 3.33. The van der Waals surface area contributed by atoms with Gasteiger partial charge in [0.1, 0.15) is 11.4 Å². The van der Waals surface area contributed by atoms with E-state index in [0.717, 1.165) is 5.69 Å². The highest BCUT2D eigenvalue weighted by Crippen LogP contribution is 2.21. The standard InChI is InChI=1S/C15H15N5O3/c1-9-8-11(19-20(9)2)14-17-18-15(23-14)16-13(21)10-6-4-5-7-12(10)22-3/h4-8H,1-3H3,(H,16,18,21). The SMILES string of the molecule is COc1ccccc1C(=O)Nc1nnc(-c2cc(C)n(C)n2)o1. The van der Waals surface area contributed by atoms with Gasteiger partial charge in [-0.2, -0.15) is 5.10 Å². The number of aromatic nitrogens is 4. The van der Waals surface area contributed by atoms with Crippen molar-refractivity contribution in [2.45, 2.75) is 6.92 Å². The van der Waals surface area contributed by atoms with Crippen LogP contribution in [-0.2, 0) is 7.05 Å². The molecule has 1 N–H and O–H groups in total. The summed E-state index contributed by atoms with van der Waals surface area (Å²) in [5.41, 5.74) is 1.89. The summed E-state index contributed by atoms with van der Waals surface area (Å²) in [4.78, 5) is 12.3. The van der Waals surface area contributed by atoms with Crippen LogP contribution in [0.4, 0.5) is 6.01 Å². The molecule has 8 nitrogen and oxygen atoms in total. The molecule has 23 heavy (non-hydrogen) atoms.